The van der Waals surface area contributed by atoms with Crippen molar-refractivity contribution in [3.05, 3.63) is 54.1 Å². The number of carboxylic acid groups (broad SMARTS) is 1. The Morgan fingerprint density at radius 1 is 1.00 bits per heavy atom. The maximum atomic E-state index is 11.2. The standard InChI is InChI=1S/C21H25NO5.C8H19NO6/c1-2-25-20(21(23)24)15-16-7-9-17(10-8-16)26-13-11-22-12-14-27-19-6-4-3-5-18(19)22;1-9-2-4(11)6(13)8(15)7(14)5(12)3-10/h3-10,20H,2,11-15H2,1H3,(H,23,24);4-15H,2-3H2,1H3/t20-;/m0./s1. The molecule has 5 unspecified atom stereocenters. The van der Waals surface area contributed by atoms with Crippen LogP contribution in [0.25, 0.3) is 0 Å². The lowest BCUT2D eigenvalue weighted by atomic mass is 9.99. The summed E-state index contributed by atoms with van der Waals surface area (Å²) in [4.78, 5) is 13.4. The van der Waals surface area contributed by atoms with E-state index in [1.807, 2.05) is 42.5 Å². The third kappa shape index (κ3) is 11.0. The zero-order valence-electron chi connectivity index (χ0n) is 24.0. The van der Waals surface area contributed by atoms with Crippen molar-refractivity contribution < 1.29 is 54.8 Å². The second kappa shape index (κ2) is 18.5. The van der Waals surface area contributed by atoms with Crippen molar-refractivity contribution in [2.45, 2.75) is 50.0 Å². The van der Waals surface area contributed by atoms with Gasteiger partial charge in [0.15, 0.2) is 6.10 Å². The van der Waals surface area contributed by atoms with Gasteiger partial charge < -0.3 is 60.2 Å². The number of anilines is 1. The minimum atomic E-state index is -1.73. The van der Waals surface area contributed by atoms with Crippen molar-refractivity contribution in [1.29, 1.82) is 0 Å². The van der Waals surface area contributed by atoms with E-state index >= 15 is 0 Å². The molecule has 1 aliphatic heterocycles. The lowest BCUT2D eigenvalue weighted by molar-refractivity contribution is -0.149. The van der Waals surface area contributed by atoms with E-state index in [2.05, 4.69) is 16.3 Å². The number of aliphatic carboxylic acids is 1. The van der Waals surface area contributed by atoms with Crippen LogP contribution in [0.15, 0.2) is 48.5 Å². The number of ether oxygens (including phenoxy) is 3. The molecule has 2 aromatic carbocycles. The molecule has 0 radical (unpaired) electrons. The van der Waals surface area contributed by atoms with Gasteiger partial charge in [-0.1, -0.05) is 24.3 Å². The first-order chi connectivity index (χ1) is 20.1. The average Bonchev–Trinajstić information content (AvgIpc) is 3.00. The van der Waals surface area contributed by atoms with Gasteiger partial charge in [0.05, 0.1) is 31.5 Å². The molecule has 13 heteroatoms. The predicted octanol–water partition coefficient (Wildman–Crippen LogP) is -1.00. The van der Waals surface area contributed by atoms with Crippen LogP contribution in [0.1, 0.15) is 12.5 Å². The highest BCUT2D eigenvalue weighted by atomic mass is 16.5. The molecule has 0 bridgehead atoms. The molecule has 1 heterocycles. The fraction of sp³-hybridized carbons (Fsp3) is 0.552. The van der Waals surface area contributed by atoms with Crippen LogP contribution in [0.5, 0.6) is 11.5 Å². The van der Waals surface area contributed by atoms with Crippen molar-refractivity contribution in [2.24, 2.45) is 0 Å². The number of hydrogen-bond donors (Lipinski definition) is 8. The van der Waals surface area contributed by atoms with Gasteiger partial charge >= 0.3 is 5.97 Å². The van der Waals surface area contributed by atoms with E-state index in [1.54, 1.807) is 14.0 Å². The summed E-state index contributed by atoms with van der Waals surface area (Å²) in [5.41, 5.74) is 2.00. The van der Waals surface area contributed by atoms with E-state index in [0.29, 0.717) is 26.2 Å². The zero-order valence-corrected chi connectivity index (χ0v) is 24.0. The molecule has 0 spiro atoms. The van der Waals surface area contributed by atoms with Gasteiger partial charge in [-0.15, -0.1) is 0 Å². The molecule has 13 nitrogen and oxygen atoms in total. The van der Waals surface area contributed by atoms with E-state index in [9.17, 15) is 25.2 Å². The van der Waals surface area contributed by atoms with Gasteiger partial charge in [-0.25, -0.2) is 4.79 Å². The summed E-state index contributed by atoms with van der Waals surface area (Å²) in [6.45, 7) is 4.30. The van der Waals surface area contributed by atoms with Gasteiger partial charge in [-0.2, -0.15) is 0 Å². The number of rotatable bonds is 16. The van der Waals surface area contributed by atoms with Gasteiger partial charge in [-0.05, 0) is 43.8 Å². The molecule has 0 saturated carbocycles. The van der Waals surface area contributed by atoms with Crippen LogP contribution in [0.2, 0.25) is 0 Å². The number of carboxylic acids is 1. The molecule has 0 fully saturated rings. The molecule has 2 aromatic rings. The predicted molar refractivity (Wildman–Crippen MR) is 154 cm³/mol. The second-order valence-corrected chi connectivity index (χ2v) is 9.63. The van der Waals surface area contributed by atoms with Crippen LogP contribution >= 0.6 is 0 Å². The average molecular weight is 597 g/mol. The number of aliphatic hydroxyl groups excluding tert-OH is 6. The highest BCUT2D eigenvalue weighted by Gasteiger charge is 2.33. The third-order valence-corrected chi connectivity index (χ3v) is 6.53. The first-order valence-corrected chi connectivity index (χ1v) is 13.8. The number of para-hydroxylation sites is 2. The van der Waals surface area contributed by atoms with Gasteiger partial charge in [0, 0.05) is 19.6 Å². The number of likely N-dealkylation sites (N-methyl/N-ethyl adjacent to an activating group) is 1. The van der Waals surface area contributed by atoms with Crippen LogP contribution < -0.4 is 19.7 Å². The Bertz CT molecular complexity index is 1040. The minimum absolute atomic E-state index is 0.0279. The highest BCUT2D eigenvalue weighted by molar-refractivity contribution is 5.72. The Balaban J connectivity index is 0.000000351. The van der Waals surface area contributed by atoms with E-state index < -0.39 is 49.2 Å². The van der Waals surface area contributed by atoms with Crippen LogP contribution in [-0.4, -0.2) is 131 Å². The lowest BCUT2D eigenvalue weighted by Crippen LogP contribution is -2.51. The summed E-state index contributed by atoms with van der Waals surface area (Å²) in [7, 11) is 1.54. The third-order valence-electron chi connectivity index (χ3n) is 6.53. The summed E-state index contributed by atoms with van der Waals surface area (Å²) in [5.74, 6) is 0.738. The minimum Gasteiger partial charge on any atom is -0.492 e. The molecule has 0 aliphatic carbocycles. The number of nitrogens with zero attached hydrogens (tertiary/aromatic N) is 1. The molecule has 0 saturated heterocycles. The summed E-state index contributed by atoms with van der Waals surface area (Å²) in [6.07, 6.45) is -8.35. The topological polar surface area (TPSA) is 202 Å². The number of benzene rings is 2. The maximum Gasteiger partial charge on any atom is 0.333 e. The van der Waals surface area contributed by atoms with Crippen LogP contribution in [0.3, 0.4) is 0 Å². The number of nitrogens with one attached hydrogen (secondary N) is 1. The van der Waals surface area contributed by atoms with Crippen LogP contribution in [-0.2, 0) is 16.0 Å². The van der Waals surface area contributed by atoms with Gasteiger partial charge in [0.25, 0.3) is 0 Å². The van der Waals surface area contributed by atoms with Crippen molar-refractivity contribution in [3.63, 3.8) is 0 Å². The summed E-state index contributed by atoms with van der Waals surface area (Å²) >= 11 is 0. The Hall–Kier alpha value is -3.01. The second-order valence-electron chi connectivity index (χ2n) is 9.63. The molecule has 8 N–H and O–H groups in total. The van der Waals surface area contributed by atoms with Crippen molar-refractivity contribution in [2.75, 3.05) is 58.0 Å². The number of fused-ring (bicyclic) bond motifs is 1. The van der Waals surface area contributed by atoms with Gasteiger partial charge in [0.2, 0.25) is 0 Å². The number of aliphatic hydroxyl groups is 6. The van der Waals surface area contributed by atoms with Crippen molar-refractivity contribution >= 4 is 11.7 Å². The van der Waals surface area contributed by atoms with Crippen molar-refractivity contribution in [3.8, 4) is 11.5 Å². The highest BCUT2D eigenvalue weighted by Crippen LogP contribution is 2.30. The summed E-state index contributed by atoms with van der Waals surface area (Å²) < 4.78 is 16.8. The Kier molecular flexibility index (Phi) is 15.5. The zero-order chi connectivity index (χ0) is 31.1. The quantitative estimate of drug-likeness (QED) is 0.117. The largest absolute Gasteiger partial charge is 0.492 e. The van der Waals surface area contributed by atoms with E-state index in [-0.39, 0.29) is 6.54 Å². The molecule has 1 aliphatic rings. The van der Waals surface area contributed by atoms with E-state index in [4.69, 9.17) is 29.5 Å². The monoisotopic (exact) mass is 596 g/mol. The number of carbonyl (C=O) groups is 1. The fourth-order valence-corrected chi connectivity index (χ4v) is 4.18. The van der Waals surface area contributed by atoms with E-state index in [0.717, 1.165) is 35.8 Å². The summed E-state index contributed by atoms with van der Waals surface area (Å²) in [6, 6.07) is 15.5. The van der Waals surface area contributed by atoms with Crippen molar-refractivity contribution in [1.82, 2.24) is 5.32 Å². The van der Waals surface area contributed by atoms with Gasteiger partial charge in [-0.3, -0.25) is 0 Å². The first-order valence-electron chi connectivity index (χ1n) is 13.8. The molecular weight excluding hydrogens is 552 g/mol. The summed E-state index contributed by atoms with van der Waals surface area (Å²) in [5, 5.41) is 66.4. The van der Waals surface area contributed by atoms with Crippen LogP contribution in [0, 0.1) is 0 Å². The van der Waals surface area contributed by atoms with E-state index in [1.165, 1.54) is 0 Å². The molecule has 0 amide bonds. The Morgan fingerprint density at radius 3 is 2.29 bits per heavy atom. The van der Waals surface area contributed by atoms with Crippen LogP contribution in [0.4, 0.5) is 5.69 Å². The molecular formula is C29H44N2O11. The maximum absolute atomic E-state index is 11.2. The van der Waals surface area contributed by atoms with Gasteiger partial charge in [0.1, 0.15) is 49.1 Å². The molecule has 236 valence electrons. The number of hydrogen-bond acceptors (Lipinski definition) is 12. The lowest BCUT2D eigenvalue weighted by Gasteiger charge is -2.31. The normalized spacial score (nSPS) is 16.9. The fourth-order valence-electron chi connectivity index (χ4n) is 4.18. The Morgan fingerprint density at radius 2 is 1.67 bits per heavy atom. The smallest absolute Gasteiger partial charge is 0.333 e. The SMILES string of the molecule is CCO[C@@H](Cc1ccc(OCCN2CCOc3ccccc32)cc1)C(=O)O.CNCC(O)C(O)C(O)C(O)C(O)CO. The molecule has 6 atom stereocenters. The molecule has 3 rings (SSSR count). The molecule has 42 heavy (non-hydrogen) atoms. The molecule has 0 aromatic heterocycles. The Labute approximate surface area is 245 Å². The first kappa shape index (κ1) is 35.2.